The van der Waals surface area contributed by atoms with Gasteiger partial charge < -0.3 is 10.5 Å². The summed E-state index contributed by atoms with van der Waals surface area (Å²) in [5.74, 6) is -0.447. The van der Waals surface area contributed by atoms with Crippen molar-refractivity contribution in [1.82, 2.24) is 0 Å². The Kier molecular flexibility index (Phi) is 4.08. The number of esters is 1. The molecular formula is C17H17NO3. The van der Waals surface area contributed by atoms with E-state index in [0.717, 1.165) is 5.56 Å². The highest BCUT2D eigenvalue weighted by molar-refractivity contribution is 5.95. The highest BCUT2D eigenvalue weighted by Gasteiger charge is 2.15. The molecule has 108 valence electrons. The van der Waals surface area contributed by atoms with Crippen molar-refractivity contribution in [2.75, 3.05) is 0 Å². The van der Waals surface area contributed by atoms with E-state index in [2.05, 4.69) is 0 Å². The SMILES string of the molecule is Cc1ccccc1C(=O)Oc1c(C)cc(C(N)=O)cc1C. The zero-order valence-corrected chi connectivity index (χ0v) is 12.3. The Morgan fingerprint density at radius 3 is 2.05 bits per heavy atom. The van der Waals surface area contributed by atoms with E-state index in [-0.39, 0.29) is 0 Å². The first-order valence-corrected chi connectivity index (χ1v) is 6.59. The molecule has 2 rings (SSSR count). The van der Waals surface area contributed by atoms with Crippen molar-refractivity contribution in [3.8, 4) is 5.75 Å². The number of ether oxygens (including phenoxy) is 1. The summed E-state index contributed by atoms with van der Waals surface area (Å²) in [5, 5.41) is 0. The molecule has 0 spiro atoms. The second-order valence-electron chi connectivity index (χ2n) is 5.01. The van der Waals surface area contributed by atoms with Crippen LogP contribution in [0.25, 0.3) is 0 Å². The molecule has 0 aliphatic carbocycles. The quantitative estimate of drug-likeness (QED) is 0.695. The molecule has 2 N–H and O–H groups in total. The summed E-state index contributed by atoms with van der Waals surface area (Å²) in [5.41, 5.74) is 8.45. The van der Waals surface area contributed by atoms with E-state index in [0.29, 0.717) is 28.0 Å². The van der Waals surface area contributed by atoms with E-state index in [1.54, 1.807) is 38.1 Å². The molecule has 4 heteroatoms. The van der Waals surface area contributed by atoms with Gasteiger partial charge in [-0.15, -0.1) is 0 Å². The third-order valence-corrected chi connectivity index (χ3v) is 3.30. The lowest BCUT2D eigenvalue weighted by molar-refractivity contribution is 0.0731. The number of hydrogen-bond acceptors (Lipinski definition) is 3. The fraction of sp³-hybridized carbons (Fsp3) is 0.176. The number of nitrogens with two attached hydrogens (primary N) is 1. The number of benzene rings is 2. The van der Waals surface area contributed by atoms with Gasteiger partial charge in [-0.2, -0.15) is 0 Å². The summed E-state index contributed by atoms with van der Waals surface area (Å²) >= 11 is 0. The molecule has 0 saturated carbocycles. The molecule has 0 aliphatic heterocycles. The molecule has 1 amide bonds. The van der Waals surface area contributed by atoms with Crippen LogP contribution >= 0.6 is 0 Å². The van der Waals surface area contributed by atoms with Crippen LogP contribution in [0.5, 0.6) is 5.75 Å². The molecule has 2 aromatic carbocycles. The van der Waals surface area contributed by atoms with Gasteiger partial charge in [-0.25, -0.2) is 4.79 Å². The molecule has 0 aromatic heterocycles. The van der Waals surface area contributed by atoms with Crippen molar-refractivity contribution in [1.29, 1.82) is 0 Å². The molecule has 0 saturated heterocycles. The second kappa shape index (κ2) is 5.79. The van der Waals surface area contributed by atoms with Crippen LogP contribution in [-0.2, 0) is 0 Å². The van der Waals surface area contributed by atoms with Crippen LogP contribution in [0.2, 0.25) is 0 Å². The van der Waals surface area contributed by atoms with Gasteiger partial charge in [-0.05, 0) is 55.7 Å². The Labute approximate surface area is 123 Å². The number of amides is 1. The summed E-state index contributed by atoms with van der Waals surface area (Å²) < 4.78 is 5.49. The molecular weight excluding hydrogens is 266 g/mol. The highest BCUT2D eigenvalue weighted by atomic mass is 16.5. The second-order valence-corrected chi connectivity index (χ2v) is 5.01. The van der Waals surface area contributed by atoms with E-state index >= 15 is 0 Å². The number of carbonyl (C=O) groups is 2. The van der Waals surface area contributed by atoms with Crippen LogP contribution in [0.15, 0.2) is 36.4 Å². The van der Waals surface area contributed by atoms with Gasteiger partial charge in [-0.1, -0.05) is 18.2 Å². The predicted octanol–water partition coefficient (Wildman–Crippen LogP) is 2.93. The Balaban J connectivity index is 2.34. The zero-order chi connectivity index (χ0) is 15.6. The maximum Gasteiger partial charge on any atom is 0.343 e. The maximum absolute atomic E-state index is 12.2. The Hall–Kier alpha value is -2.62. The minimum atomic E-state index is -0.502. The third-order valence-electron chi connectivity index (χ3n) is 3.30. The van der Waals surface area contributed by atoms with Crippen LogP contribution in [0.3, 0.4) is 0 Å². The summed E-state index contributed by atoms with van der Waals surface area (Å²) in [6.07, 6.45) is 0. The maximum atomic E-state index is 12.2. The van der Waals surface area contributed by atoms with Crippen LogP contribution in [0.1, 0.15) is 37.4 Å². The van der Waals surface area contributed by atoms with Gasteiger partial charge in [0, 0.05) is 5.56 Å². The summed E-state index contributed by atoms with van der Waals surface area (Å²) in [6.45, 7) is 5.41. The first-order chi connectivity index (χ1) is 9.90. The summed E-state index contributed by atoms with van der Waals surface area (Å²) in [6, 6.07) is 10.5. The third kappa shape index (κ3) is 3.11. The smallest absolute Gasteiger partial charge is 0.343 e. The molecule has 4 nitrogen and oxygen atoms in total. The highest BCUT2D eigenvalue weighted by Crippen LogP contribution is 2.26. The normalized spacial score (nSPS) is 10.2. The van der Waals surface area contributed by atoms with Crippen molar-refractivity contribution in [3.05, 3.63) is 64.2 Å². The molecule has 21 heavy (non-hydrogen) atoms. The number of primary amides is 1. The van der Waals surface area contributed by atoms with Crippen molar-refractivity contribution >= 4 is 11.9 Å². The van der Waals surface area contributed by atoms with Crippen molar-refractivity contribution in [2.45, 2.75) is 20.8 Å². The number of carbonyl (C=O) groups excluding carboxylic acids is 2. The average molecular weight is 283 g/mol. The van der Waals surface area contributed by atoms with Crippen LogP contribution in [-0.4, -0.2) is 11.9 Å². The van der Waals surface area contributed by atoms with Crippen LogP contribution in [0.4, 0.5) is 0 Å². The fourth-order valence-electron chi connectivity index (χ4n) is 2.20. The predicted molar refractivity (Wildman–Crippen MR) is 80.6 cm³/mol. The van der Waals surface area contributed by atoms with Crippen molar-refractivity contribution in [3.63, 3.8) is 0 Å². The van der Waals surface area contributed by atoms with Gasteiger partial charge in [0.25, 0.3) is 0 Å². The number of hydrogen-bond donors (Lipinski definition) is 1. The van der Waals surface area contributed by atoms with Gasteiger partial charge in [0.15, 0.2) is 0 Å². The first kappa shape index (κ1) is 14.8. The van der Waals surface area contributed by atoms with E-state index in [1.165, 1.54) is 0 Å². The molecule has 0 heterocycles. The zero-order valence-electron chi connectivity index (χ0n) is 12.3. The van der Waals surface area contributed by atoms with Gasteiger partial charge in [-0.3, -0.25) is 4.79 Å². The number of aryl methyl sites for hydroxylation is 3. The van der Waals surface area contributed by atoms with Gasteiger partial charge >= 0.3 is 5.97 Å². The van der Waals surface area contributed by atoms with Gasteiger partial charge in [0.2, 0.25) is 5.91 Å². The Morgan fingerprint density at radius 2 is 1.52 bits per heavy atom. The van der Waals surface area contributed by atoms with Crippen molar-refractivity contribution < 1.29 is 14.3 Å². The minimum absolute atomic E-state index is 0.403. The van der Waals surface area contributed by atoms with E-state index < -0.39 is 11.9 Å². The molecule has 0 aliphatic rings. The minimum Gasteiger partial charge on any atom is -0.422 e. The standard InChI is InChI=1S/C17H17NO3/c1-10-6-4-5-7-14(10)17(20)21-15-11(2)8-13(16(18)19)9-12(15)3/h4-9H,1-3H3,(H2,18,19). The van der Waals surface area contributed by atoms with E-state index in [1.807, 2.05) is 19.1 Å². The lowest BCUT2D eigenvalue weighted by Crippen LogP contribution is -2.14. The lowest BCUT2D eigenvalue weighted by Gasteiger charge is -2.12. The van der Waals surface area contributed by atoms with Crippen molar-refractivity contribution in [2.24, 2.45) is 5.73 Å². The molecule has 0 radical (unpaired) electrons. The first-order valence-electron chi connectivity index (χ1n) is 6.59. The summed E-state index contributed by atoms with van der Waals surface area (Å²) in [7, 11) is 0. The van der Waals surface area contributed by atoms with Crippen LogP contribution < -0.4 is 10.5 Å². The molecule has 2 aromatic rings. The molecule has 0 unspecified atom stereocenters. The molecule has 0 atom stereocenters. The van der Waals surface area contributed by atoms with Crippen LogP contribution in [0, 0.1) is 20.8 Å². The monoisotopic (exact) mass is 283 g/mol. The number of rotatable bonds is 3. The fourth-order valence-corrected chi connectivity index (χ4v) is 2.20. The van der Waals surface area contributed by atoms with Gasteiger partial charge in [0.05, 0.1) is 5.56 Å². The largest absolute Gasteiger partial charge is 0.422 e. The van der Waals surface area contributed by atoms with E-state index in [9.17, 15) is 9.59 Å². The van der Waals surface area contributed by atoms with Gasteiger partial charge in [0.1, 0.15) is 5.75 Å². The Morgan fingerprint density at radius 1 is 0.952 bits per heavy atom. The average Bonchev–Trinajstić information content (AvgIpc) is 2.42. The van der Waals surface area contributed by atoms with E-state index in [4.69, 9.17) is 10.5 Å². The lowest BCUT2D eigenvalue weighted by atomic mass is 10.0. The molecule has 0 bridgehead atoms. The summed E-state index contributed by atoms with van der Waals surface area (Å²) in [4.78, 5) is 23.5. The topological polar surface area (TPSA) is 69.4 Å². The molecule has 0 fully saturated rings. The Bertz CT molecular complexity index is 697.